The maximum atomic E-state index is 10.9. The van der Waals surface area contributed by atoms with Gasteiger partial charge in [0.05, 0.1) is 13.2 Å². The molecule has 6 heteroatoms. The number of hydrogen-bond donors (Lipinski definition) is 0. The van der Waals surface area contributed by atoms with E-state index in [1.165, 1.54) is 6.08 Å². The molecule has 0 saturated carbocycles. The second kappa shape index (κ2) is 7.89. The van der Waals surface area contributed by atoms with Crippen molar-refractivity contribution in [1.29, 1.82) is 0 Å². The first kappa shape index (κ1) is 13.8. The summed E-state index contributed by atoms with van der Waals surface area (Å²) in [5.74, 6) is 0. The number of azide groups is 1. The van der Waals surface area contributed by atoms with Crippen molar-refractivity contribution in [3.05, 3.63) is 59.0 Å². The molecule has 0 aliphatic carbocycles. The van der Waals surface area contributed by atoms with E-state index in [1.54, 1.807) is 0 Å². The van der Waals surface area contributed by atoms with E-state index in [0.29, 0.717) is 6.61 Å². The van der Waals surface area contributed by atoms with E-state index >= 15 is 0 Å². The number of carbonyl (C=O) groups is 1. The summed E-state index contributed by atoms with van der Waals surface area (Å²) >= 11 is 0. The number of nitrogens with zero attached hydrogens (tertiary/aromatic N) is 3. The van der Waals surface area contributed by atoms with E-state index in [1.807, 2.05) is 30.3 Å². The third kappa shape index (κ3) is 5.16. The Hall–Kier alpha value is -2.30. The fourth-order valence-corrected chi connectivity index (χ4v) is 1.21. The molecule has 18 heavy (non-hydrogen) atoms. The standard InChI is InChI=1S/C12H13N3O3/c1-2-11(18-12(16)14-15-13)9-17-8-10-6-4-3-5-7-10/h2-7,11H,1,8-9H2. The predicted octanol–water partition coefficient (Wildman–Crippen LogP) is 3.20. The molecule has 0 bridgehead atoms. The van der Waals surface area contributed by atoms with Gasteiger partial charge in [-0.2, -0.15) is 0 Å². The van der Waals surface area contributed by atoms with Gasteiger partial charge in [-0.15, -0.1) is 0 Å². The molecule has 0 aliphatic heterocycles. The van der Waals surface area contributed by atoms with Crippen LogP contribution in [0.4, 0.5) is 4.79 Å². The summed E-state index contributed by atoms with van der Waals surface area (Å²) in [7, 11) is 0. The molecule has 1 aromatic rings. The van der Waals surface area contributed by atoms with Crippen LogP contribution in [0.2, 0.25) is 0 Å². The van der Waals surface area contributed by atoms with Crippen LogP contribution in [0.5, 0.6) is 0 Å². The zero-order chi connectivity index (χ0) is 13.2. The Morgan fingerprint density at radius 2 is 2.22 bits per heavy atom. The molecule has 94 valence electrons. The number of ether oxygens (including phenoxy) is 2. The number of amides is 1. The second-order valence-electron chi connectivity index (χ2n) is 3.35. The van der Waals surface area contributed by atoms with Gasteiger partial charge in [-0.25, -0.2) is 4.79 Å². The zero-order valence-electron chi connectivity index (χ0n) is 9.73. The Kier molecular flexibility index (Phi) is 6.03. The maximum Gasteiger partial charge on any atom is 0.397 e. The lowest BCUT2D eigenvalue weighted by atomic mass is 10.2. The summed E-state index contributed by atoms with van der Waals surface area (Å²) in [5.41, 5.74) is 9.06. The van der Waals surface area contributed by atoms with E-state index in [2.05, 4.69) is 16.6 Å². The Bertz CT molecular complexity index is 441. The van der Waals surface area contributed by atoms with Crippen LogP contribution in [0.1, 0.15) is 5.56 Å². The van der Waals surface area contributed by atoms with E-state index in [9.17, 15) is 4.79 Å². The molecule has 0 spiro atoms. The number of carbonyl (C=O) groups excluding carboxylic acids is 1. The first-order valence-electron chi connectivity index (χ1n) is 5.26. The first-order chi connectivity index (χ1) is 8.76. The summed E-state index contributed by atoms with van der Waals surface area (Å²) in [6.45, 7) is 4.07. The van der Waals surface area contributed by atoms with Crippen LogP contribution >= 0.6 is 0 Å². The predicted molar refractivity (Wildman–Crippen MR) is 65.7 cm³/mol. The molecule has 0 aliphatic rings. The molecule has 0 heterocycles. The summed E-state index contributed by atoms with van der Waals surface area (Å²) in [6, 6.07) is 9.58. The number of rotatable bonds is 6. The largest absolute Gasteiger partial charge is 0.451 e. The molecule has 0 fully saturated rings. The van der Waals surface area contributed by atoms with E-state index in [0.717, 1.165) is 5.56 Å². The Balaban J connectivity index is 2.34. The molecular weight excluding hydrogens is 234 g/mol. The third-order valence-corrected chi connectivity index (χ3v) is 2.04. The van der Waals surface area contributed by atoms with Crippen molar-refractivity contribution >= 4 is 6.09 Å². The van der Waals surface area contributed by atoms with Gasteiger partial charge in [-0.05, 0) is 17.2 Å². The van der Waals surface area contributed by atoms with Crippen LogP contribution in [-0.2, 0) is 16.1 Å². The van der Waals surface area contributed by atoms with E-state index < -0.39 is 12.2 Å². The van der Waals surface area contributed by atoms with Crippen LogP contribution < -0.4 is 0 Å². The van der Waals surface area contributed by atoms with Gasteiger partial charge in [-0.3, -0.25) is 0 Å². The Morgan fingerprint density at radius 3 is 2.83 bits per heavy atom. The molecule has 1 atom stereocenters. The normalized spacial score (nSPS) is 11.1. The van der Waals surface area contributed by atoms with Gasteiger partial charge in [0.2, 0.25) is 0 Å². The zero-order valence-corrected chi connectivity index (χ0v) is 9.73. The van der Waals surface area contributed by atoms with Crippen LogP contribution in [-0.4, -0.2) is 18.8 Å². The number of hydrogen-bond acceptors (Lipinski definition) is 3. The lowest BCUT2D eigenvalue weighted by Crippen LogP contribution is -2.19. The van der Waals surface area contributed by atoms with Crippen LogP contribution in [0.15, 0.2) is 48.1 Å². The molecule has 0 saturated heterocycles. The van der Waals surface area contributed by atoms with Gasteiger partial charge >= 0.3 is 6.09 Å². The van der Waals surface area contributed by atoms with Crippen molar-refractivity contribution < 1.29 is 14.3 Å². The Morgan fingerprint density at radius 1 is 1.50 bits per heavy atom. The van der Waals surface area contributed by atoms with Crippen molar-refractivity contribution in [3.8, 4) is 0 Å². The topological polar surface area (TPSA) is 84.3 Å². The molecule has 1 amide bonds. The summed E-state index contributed by atoms with van der Waals surface area (Å²) in [5, 5.41) is 2.79. The highest BCUT2D eigenvalue weighted by Crippen LogP contribution is 2.03. The van der Waals surface area contributed by atoms with Crippen molar-refractivity contribution in [2.75, 3.05) is 6.61 Å². The average Bonchev–Trinajstić information content (AvgIpc) is 2.39. The van der Waals surface area contributed by atoms with E-state index in [4.69, 9.17) is 15.0 Å². The number of benzene rings is 1. The lowest BCUT2D eigenvalue weighted by molar-refractivity contribution is 0.0375. The fourth-order valence-electron chi connectivity index (χ4n) is 1.21. The quantitative estimate of drug-likeness (QED) is 0.335. The van der Waals surface area contributed by atoms with Crippen LogP contribution in [0, 0.1) is 0 Å². The molecule has 0 N–H and O–H groups in total. The molecule has 1 rings (SSSR count). The molecule has 0 aromatic heterocycles. The minimum atomic E-state index is -0.995. The van der Waals surface area contributed by atoms with Gasteiger partial charge < -0.3 is 9.47 Å². The molecule has 1 unspecified atom stereocenters. The van der Waals surface area contributed by atoms with Crippen molar-refractivity contribution in [3.63, 3.8) is 0 Å². The van der Waals surface area contributed by atoms with Crippen molar-refractivity contribution in [2.45, 2.75) is 12.7 Å². The monoisotopic (exact) mass is 247 g/mol. The fraction of sp³-hybridized carbons (Fsp3) is 0.250. The average molecular weight is 247 g/mol. The molecule has 0 radical (unpaired) electrons. The maximum absolute atomic E-state index is 10.9. The van der Waals surface area contributed by atoms with Crippen LogP contribution in [0.3, 0.4) is 0 Å². The molecule has 1 aromatic carbocycles. The van der Waals surface area contributed by atoms with Gasteiger partial charge in [-0.1, -0.05) is 36.9 Å². The summed E-state index contributed by atoms with van der Waals surface area (Å²) < 4.78 is 10.1. The first-order valence-corrected chi connectivity index (χ1v) is 5.26. The SMILES string of the molecule is C=CC(COCc1ccccc1)OC(=O)N=[N+]=[N-]. The molecule has 6 nitrogen and oxygen atoms in total. The van der Waals surface area contributed by atoms with Gasteiger partial charge in [0.15, 0.2) is 0 Å². The van der Waals surface area contributed by atoms with Crippen LogP contribution in [0.25, 0.3) is 10.4 Å². The highest BCUT2D eigenvalue weighted by atomic mass is 16.6. The van der Waals surface area contributed by atoms with Crippen molar-refractivity contribution in [2.24, 2.45) is 5.11 Å². The highest BCUT2D eigenvalue weighted by molar-refractivity contribution is 5.68. The van der Waals surface area contributed by atoms with Gasteiger partial charge in [0.25, 0.3) is 0 Å². The summed E-state index contributed by atoms with van der Waals surface area (Å²) in [6.07, 6.45) is -0.215. The van der Waals surface area contributed by atoms with Crippen molar-refractivity contribution in [1.82, 2.24) is 0 Å². The third-order valence-electron chi connectivity index (χ3n) is 2.04. The lowest BCUT2D eigenvalue weighted by Gasteiger charge is -2.12. The Labute approximate surface area is 104 Å². The summed E-state index contributed by atoms with van der Waals surface area (Å²) in [4.78, 5) is 13.2. The minimum absolute atomic E-state index is 0.158. The minimum Gasteiger partial charge on any atom is -0.451 e. The van der Waals surface area contributed by atoms with Gasteiger partial charge in [0.1, 0.15) is 6.10 Å². The smallest absolute Gasteiger partial charge is 0.397 e. The second-order valence-corrected chi connectivity index (χ2v) is 3.35. The molecular formula is C12H13N3O3. The van der Waals surface area contributed by atoms with E-state index in [-0.39, 0.29) is 6.61 Å². The highest BCUT2D eigenvalue weighted by Gasteiger charge is 2.09. The van der Waals surface area contributed by atoms with Gasteiger partial charge in [0, 0.05) is 10.0 Å².